The summed E-state index contributed by atoms with van der Waals surface area (Å²) in [6.07, 6.45) is 0.495. The normalized spacial score (nSPS) is 13.6. The highest BCUT2D eigenvalue weighted by atomic mass is 16.1. The third kappa shape index (κ3) is 2.34. The van der Waals surface area contributed by atoms with Crippen LogP contribution in [0.2, 0.25) is 0 Å². The van der Waals surface area contributed by atoms with Crippen LogP contribution in [-0.4, -0.2) is 11.8 Å². The van der Waals surface area contributed by atoms with Gasteiger partial charge in [-0.25, -0.2) is 0 Å². The Balaban J connectivity index is 3.34. The monoisotopic (exact) mass is 100 g/mol. The topological polar surface area (TPSA) is 43.1 Å². The van der Waals surface area contributed by atoms with Gasteiger partial charge in [-0.2, -0.15) is 0 Å². The highest BCUT2D eigenvalue weighted by Gasteiger charge is 2.01. The summed E-state index contributed by atoms with van der Waals surface area (Å²) in [5.74, 6) is 0.00926. The molecule has 0 heterocycles. The number of nitrogens with two attached hydrogens (primary N) is 1. The van der Waals surface area contributed by atoms with Crippen LogP contribution >= 0.6 is 0 Å². The van der Waals surface area contributed by atoms with E-state index in [1.807, 2.05) is 0 Å². The first-order chi connectivity index (χ1) is 3.18. The third-order valence-electron chi connectivity index (χ3n) is 0.833. The van der Waals surface area contributed by atoms with Gasteiger partial charge in [0.15, 0.2) is 0 Å². The Morgan fingerprint density at radius 2 is 2.43 bits per heavy atom. The molecule has 0 aromatic heterocycles. The molecule has 1 radical (unpaired) electrons. The fourth-order valence-electron chi connectivity index (χ4n) is 0.203. The van der Waals surface area contributed by atoms with Crippen LogP contribution in [0.15, 0.2) is 0 Å². The van der Waals surface area contributed by atoms with E-state index in [0.29, 0.717) is 6.42 Å². The summed E-state index contributed by atoms with van der Waals surface area (Å²) in [4.78, 5) is 10.2. The summed E-state index contributed by atoms with van der Waals surface area (Å²) < 4.78 is 0. The lowest BCUT2D eigenvalue weighted by molar-refractivity contribution is -0.118. The lowest BCUT2D eigenvalue weighted by Gasteiger charge is -1.98. The molecule has 2 nitrogen and oxygen atoms in total. The average molecular weight is 100 g/mol. The van der Waals surface area contributed by atoms with Crippen LogP contribution in [0.3, 0.4) is 0 Å². The Morgan fingerprint density at radius 1 is 2.00 bits per heavy atom. The molecule has 0 aliphatic rings. The zero-order valence-corrected chi connectivity index (χ0v) is 4.48. The predicted octanol–water partition coefficient (Wildman–Crippen LogP) is 0.127. The highest BCUT2D eigenvalue weighted by Crippen LogP contribution is 1.83. The van der Waals surface area contributed by atoms with Gasteiger partial charge in [-0.05, 0) is 13.3 Å². The predicted molar refractivity (Wildman–Crippen MR) is 28.6 cm³/mol. The maximum atomic E-state index is 10.2. The molecule has 0 fully saturated rings. The SMILES string of the molecule is [CH2]CC(N)C(C)=O. The lowest BCUT2D eigenvalue weighted by Crippen LogP contribution is -2.26. The van der Waals surface area contributed by atoms with Gasteiger partial charge in [0.05, 0.1) is 6.04 Å². The Kier molecular flexibility index (Phi) is 2.60. The van der Waals surface area contributed by atoms with Crippen molar-refractivity contribution >= 4 is 5.78 Å². The minimum absolute atomic E-state index is 0.00926. The summed E-state index contributed by atoms with van der Waals surface area (Å²) in [7, 11) is 0. The van der Waals surface area contributed by atoms with Crippen molar-refractivity contribution in [3.05, 3.63) is 6.92 Å². The van der Waals surface area contributed by atoms with Gasteiger partial charge in [0, 0.05) is 0 Å². The molecule has 0 saturated carbocycles. The summed E-state index contributed by atoms with van der Waals surface area (Å²) in [6.45, 7) is 4.93. The van der Waals surface area contributed by atoms with Crippen molar-refractivity contribution in [2.24, 2.45) is 5.73 Å². The lowest BCUT2D eigenvalue weighted by atomic mass is 10.2. The second kappa shape index (κ2) is 2.75. The molecule has 0 aromatic carbocycles. The van der Waals surface area contributed by atoms with E-state index in [9.17, 15) is 4.79 Å². The van der Waals surface area contributed by atoms with Crippen LogP contribution in [-0.2, 0) is 4.79 Å². The molecule has 0 rings (SSSR count). The maximum absolute atomic E-state index is 10.2. The molecule has 1 atom stereocenters. The zero-order chi connectivity index (χ0) is 5.86. The van der Waals surface area contributed by atoms with Crippen LogP contribution in [0.4, 0.5) is 0 Å². The van der Waals surface area contributed by atoms with Crippen LogP contribution in [0.1, 0.15) is 13.3 Å². The molecule has 0 spiro atoms. The zero-order valence-electron chi connectivity index (χ0n) is 4.48. The fourth-order valence-corrected chi connectivity index (χ4v) is 0.203. The van der Waals surface area contributed by atoms with E-state index in [0.717, 1.165) is 0 Å². The number of ketones is 1. The number of hydrogen-bond donors (Lipinski definition) is 1. The van der Waals surface area contributed by atoms with Crippen molar-refractivity contribution < 1.29 is 4.79 Å². The van der Waals surface area contributed by atoms with Gasteiger partial charge in [0.2, 0.25) is 0 Å². The second-order valence-corrected chi connectivity index (χ2v) is 1.51. The van der Waals surface area contributed by atoms with Gasteiger partial charge < -0.3 is 5.73 Å². The van der Waals surface area contributed by atoms with Crippen molar-refractivity contribution in [2.75, 3.05) is 0 Å². The molecule has 0 aliphatic heterocycles. The summed E-state index contributed by atoms with van der Waals surface area (Å²) in [5, 5.41) is 0. The molecule has 2 heteroatoms. The smallest absolute Gasteiger partial charge is 0.146 e. The van der Waals surface area contributed by atoms with Crippen molar-refractivity contribution in [2.45, 2.75) is 19.4 Å². The molecule has 1 unspecified atom stereocenters. The van der Waals surface area contributed by atoms with E-state index in [4.69, 9.17) is 5.73 Å². The minimum atomic E-state index is -0.347. The largest absolute Gasteiger partial charge is 0.322 e. The van der Waals surface area contributed by atoms with Gasteiger partial charge in [-0.1, -0.05) is 6.92 Å². The van der Waals surface area contributed by atoms with Gasteiger partial charge in [0.25, 0.3) is 0 Å². The van der Waals surface area contributed by atoms with Crippen LogP contribution in [0.5, 0.6) is 0 Å². The first kappa shape index (κ1) is 6.63. The van der Waals surface area contributed by atoms with E-state index < -0.39 is 0 Å². The molecule has 0 aliphatic carbocycles. The molecule has 0 saturated heterocycles. The quantitative estimate of drug-likeness (QED) is 0.536. The van der Waals surface area contributed by atoms with E-state index in [1.54, 1.807) is 0 Å². The van der Waals surface area contributed by atoms with E-state index >= 15 is 0 Å². The number of hydrogen-bond acceptors (Lipinski definition) is 2. The van der Waals surface area contributed by atoms with Crippen LogP contribution < -0.4 is 5.73 Å². The molecule has 0 bridgehead atoms. The molecular weight excluding hydrogens is 90.1 g/mol. The number of carbonyl (C=O) groups excluding carboxylic acids is 1. The number of carbonyl (C=O) groups is 1. The van der Waals surface area contributed by atoms with Gasteiger partial charge in [0.1, 0.15) is 5.78 Å². The van der Waals surface area contributed by atoms with Gasteiger partial charge in [-0.3, -0.25) is 4.79 Å². The van der Waals surface area contributed by atoms with Crippen molar-refractivity contribution in [1.29, 1.82) is 0 Å². The molecule has 7 heavy (non-hydrogen) atoms. The highest BCUT2D eigenvalue weighted by molar-refractivity contribution is 5.81. The van der Waals surface area contributed by atoms with Gasteiger partial charge in [-0.15, -0.1) is 0 Å². The molecule has 2 N–H and O–H groups in total. The van der Waals surface area contributed by atoms with Crippen LogP contribution in [0, 0.1) is 6.92 Å². The summed E-state index contributed by atoms with van der Waals surface area (Å²) >= 11 is 0. The average Bonchev–Trinajstić information content (AvgIpc) is 1.65. The Hall–Kier alpha value is -0.370. The molecule has 41 valence electrons. The third-order valence-corrected chi connectivity index (χ3v) is 0.833. The number of Topliss-reactive ketones (excluding diaryl/α,β-unsaturated/α-hetero) is 1. The first-order valence-corrected chi connectivity index (χ1v) is 2.23. The number of rotatable bonds is 2. The van der Waals surface area contributed by atoms with Crippen molar-refractivity contribution in [1.82, 2.24) is 0 Å². The first-order valence-electron chi connectivity index (χ1n) is 2.23. The van der Waals surface area contributed by atoms with E-state index in [-0.39, 0.29) is 11.8 Å². The maximum Gasteiger partial charge on any atom is 0.146 e. The standard InChI is InChI=1S/C5H10NO/c1-3-5(6)4(2)7/h5H,1,3,6H2,2H3. The Labute approximate surface area is 43.7 Å². The Morgan fingerprint density at radius 3 is 2.43 bits per heavy atom. The molecule has 0 amide bonds. The minimum Gasteiger partial charge on any atom is -0.322 e. The summed E-state index contributed by atoms with van der Waals surface area (Å²) in [5.41, 5.74) is 5.20. The van der Waals surface area contributed by atoms with Crippen LogP contribution in [0.25, 0.3) is 0 Å². The van der Waals surface area contributed by atoms with Gasteiger partial charge >= 0.3 is 0 Å². The molecule has 0 aromatic rings. The van der Waals surface area contributed by atoms with E-state index in [2.05, 4.69) is 6.92 Å². The summed E-state index contributed by atoms with van der Waals surface area (Å²) in [6, 6.07) is -0.347. The van der Waals surface area contributed by atoms with Crippen molar-refractivity contribution in [3.8, 4) is 0 Å². The molecular formula is C5H10NO. The van der Waals surface area contributed by atoms with E-state index in [1.165, 1.54) is 6.92 Å². The Bertz CT molecular complexity index is 70.5. The second-order valence-electron chi connectivity index (χ2n) is 1.51. The van der Waals surface area contributed by atoms with Crippen molar-refractivity contribution in [3.63, 3.8) is 0 Å². The fraction of sp³-hybridized carbons (Fsp3) is 0.600.